The van der Waals surface area contributed by atoms with Gasteiger partial charge in [-0.05, 0) is 55.3 Å². The highest BCUT2D eigenvalue weighted by Gasteiger charge is 2.07. The summed E-state index contributed by atoms with van der Waals surface area (Å²) in [6.07, 6.45) is 0.948. The first kappa shape index (κ1) is 14.1. The van der Waals surface area contributed by atoms with Crippen molar-refractivity contribution in [2.24, 2.45) is 0 Å². The van der Waals surface area contributed by atoms with E-state index in [0.717, 1.165) is 6.42 Å². The lowest BCUT2D eigenvalue weighted by molar-refractivity contribution is 0.101. The molecule has 0 unspecified atom stereocenters. The Morgan fingerprint density at radius 2 is 1.75 bits per heavy atom. The van der Waals surface area contributed by atoms with E-state index in [1.165, 1.54) is 5.56 Å². The van der Waals surface area contributed by atoms with Gasteiger partial charge < -0.3 is 9.47 Å². The Morgan fingerprint density at radius 3 is 2.30 bits per heavy atom. The topological polar surface area (TPSA) is 35.5 Å². The fraction of sp³-hybridized carbons (Fsp3) is 0.235. The molecule has 3 heteroatoms. The minimum absolute atomic E-state index is 0.0430. The molecule has 0 saturated heterocycles. The van der Waals surface area contributed by atoms with E-state index in [9.17, 15) is 4.79 Å². The first-order chi connectivity index (χ1) is 9.63. The number of rotatable bonds is 5. The zero-order valence-corrected chi connectivity index (χ0v) is 12.0. The Balaban J connectivity index is 2.23. The molecule has 20 heavy (non-hydrogen) atoms. The smallest absolute Gasteiger partial charge is 0.169 e. The molecule has 3 nitrogen and oxygen atoms in total. The summed E-state index contributed by atoms with van der Waals surface area (Å²) in [5.41, 5.74) is 1.87. The normalized spacial score (nSPS) is 10.2. The molecule has 2 rings (SSSR count). The van der Waals surface area contributed by atoms with Crippen LogP contribution in [0.3, 0.4) is 0 Å². The van der Waals surface area contributed by atoms with Gasteiger partial charge in [0.05, 0.1) is 7.11 Å². The Bertz CT molecular complexity index is 600. The number of hydrogen-bond acceptors (Lipinski definition) is 3. The minimum Gasteiger partial charge on any atom is -0.493 e. The van der Waals surface area contributed by atoms with Crippen molar-refractivity contribution in [3.05, 3.63) is 53.6 Å². The van der Waals surface area contributed by atoms with Crippen LogP contribution < -0.4 is 9.47 Å². The van der Waals surface area contributed by atoms with E-state index in [4.69, 9.17) is 9.47 Å². The number of benzene rings is 2. The quantitative estimate of drug-likeness (QED) is 0.762. The van der Waals surface area contributed by atoms with E-state index in [1.807, 2.05) is 18.2 Å². The summed E-state index contributed by atoms with van der Waals surface area (Å²) < 4.78 is 11.1. The lowest BCUT2D eigenvalue weighted by atomic mass is 10.1. The van der Waals surface area contributed by atoms with Gasteiger partial charge in [-0.25, -0.2) is 0 Å². The van der Waals surface area contributed by atoms with Crippen molar-refractivity contribution in [2.45, 2.75) is 20.3 Å². The molecule has 0 N–H and O–H groups in total. The van der Waals surface area contributed by atoms with Crippen LogP contribution in [0.5, 0.6) is 17.2 Å². The molecule has 0 heterocycles. The first-order valence-electron chi connectivity index (χ1n) is 6.59. The van der Waals surface area contributed by atoms with Gasteiger partial charge in [-0.15, -0.1) is 0 Å². The van der Waals surface area contributed by atoms with Crippen molar-refractivity contribution in [2.75, 3.05) is 7.11 Å². The van der Waals surface area contributed by atoms with Crippen molar-refractivity contribution in [3.63, 3.8) is 0 Å². The van der Waals surface area contributed by atoms with Gasteiger partial charge in [0, 0.05) is 5.56 Å². The van der Waals surface area contributed by atoms with Gasteiger partial charge >= 0.3 is 0 Å². The van der Waals surface area contributed by atoms with Crippen LogP contribution in [0.25, 0.3) is 0 Å². The van der Waals surface area contributed by atoms with Crippen LogP contribution in [0, 0.1) is 0 Å². The SMILES string of the molecule is CCc1ccc(Oc2ccc(C(C)=O)cc2)c(OC)c1. The average molecular weight is 270 g/mol. The molecule has 104 valence electrons. The number of hydrogen-bond donors (Lipinski definition) is 0. The number of carbonyl (C=O) groups is 1. The van der Waals surface area contributed by atoms with Crippen molar-refractivity contribution in [3.8, 4) is 17.2 Å². The monoisotopic (exact) mass is 270 g/mol. The molecule has 0 aromatic heterocycles. The van der Waals surface area contributed by atoms with Crippen LogP contribution in [-0.4, -0.2) is 12.9 Å². The van der Waals surface area contributed by atoms with Crippen LogP contribution in [-0.2, 0) is 6.42 Å². The lowest BCUT2D eigenvalue weighted by Gasteiger charge is -2.11. The number of Topliss-reactive ketones (excluding diaryl/α,β-unsaturated/α-hetero) is 1. The van der Waals surface area contributed by atoms with Crippen LogP contribution in [0.2, 0.25) is 0 Å². The molecule has 2 aromatic rings. The number of carbonyl (C=O) groups excluding carboxylic acids is 1. The Morgan fingerprint density at radius 1 is 1.05 bits per heavy atom. The number of methoxy groups -OCH3 is 1. The summed E-state index contributed by atoms with van der Waals surface area (Å²) in [6, 6.07) is 13.0. The summed E-state index contributed by atoms with van der Waals surface area (Å²) in [5.74, 6) is 2.10. The second kappa shape index (κ2) is 6.24. The summed E-state index contributed by atoms with van der Waals surface area (Å²) >= 11 is 0. The number of ketones is 1. The van der Waals surface area contributed by atoms with Gasteiger partial charge in [0.25, 0.3) is 0 Å². The summed E-state index contributed by atoms with van der Waals surface area (Å²) in [4.78, 5) is 11.2. The number of ether oxygens (including phenoxy) is 2. The van der Waals surface area contributed by atoms with Gasteiger partial charge in [0.15, 0.2) is 17.3 Å². The van der Waals surface area contributed by atoms with E-state index in [-0.39, 0.29) is 5.78 Å². The minimum atomic E-state index is 0.0430. The Hall–Kier alpha value is -2.29. The average Bonchev–Trinajstić information content (AvgIpc) is 2.48. The highest BCUT2D eigenvalue weighted by Crippen LogP contribution is 2.32. The van der Waals surface area contributed by atoms with Crippen molar-refractivity contribution < 1.29 is 14.3 Å². The van der Waals surface area contributed by atoms with Crippen molar-refractivity contribution >= 4 is 5.78 Å². The van der Waals surface area contributed by atoms with Gasteiger partial charge in [0.2, 0.25) is 0 Å². The summed E-state index contributed by atoms with van der Waals surface area (Å²) in [6.45, 7) is 3.64. The Kier molecular flexibility index (Phi) is 4.41. The standard InChI is InChI=1S/C17H18O3/c1-4-13-5-10-16(17(11-13)19-3)20-15-8-6-14(7-9-15)12(2)18/h5-11H,4H2,1-3H3. The maximum absolute atomic E-state index is 11.2. The third kappa shape index (κ3) is 3.18. The highest BCUT2D eigenvalue weighted by molar-refractivity contribution is 5.94. The lowest BCUT2D eigenvalue weighted by Crippen LogP contribution is -1.94. The van der Waals surface area contributed by atoms with Crippen LogP contribution in [0.1, 0.15) is 29.8 Å². The molecule has 2 aromatic carbocycles. The molecule has 0 aliphatic carbocycles. The zero-order chi connectivity index (χ0) is 14.5. The van der Waals surface area contributed by atoms with Crippen LogP contribution in [0.15, 0.2) is 42.5 Å². The fourth-order valence-corrected chi connectivity index (χ4v) is 1.90. The van der Waals surface area contributed by atoms with E-state index in [0.29, 0.717) is 22.8 Å². The van der Waals surface area contributed by atoms with Crippen molar-refractivity contribution in [1.29, 1.82) is 0 Å². The molecular weight excluding hydrogens is 252 g/mol. The van der Waals surface area contributed by atoms with E-state index in [2.05, 4.69) is 6.92 Å². The largest absolute Gasteiger partial charge is 0.493 e. The predicted octanol–water partition coefficient (Wildman–Crippen LogP) is 4.25. The third-order valence-electron chi connectivity index (χ3n) is 3.12. The van der Waals surface area contributed by atoms with E-state index < -0.39 is 0 Å². The molecule has 0 atom stereocenters. The maximum atomic E-state index is 11.2. The van der Waals surface area contributed by atoms with Gasteiger partial charge in [-0.3, -0.25) is 4.79 Å². The second-order valence-electron chi connectivity index (χ2n) is 4.52. The first-order valence-corrected chi connectivity index (χ1v) is 6.59. The van der Waals surface area contributed by atoms with Gasteiger partial charge in [-0.2, -0.15) is 0 Å². The molecule has 0 aliphatic heterocycles. The molecule has 0 fully saturated rings. The molecule has 0 amide bonds. The van der Waals surface area contributed by atoms with E-state index in [1.54, 1.807) is 38.3 Å². The molecule has 0 aliphatic rings. The van der Waals surface area contributed by atoms with Crippen LogP contribution in [0.4, 0.5) is 0 Å². The highest BCUT2D eigenvalue weighted by atomic mass is 16.5. The molecule has 0 saturated carbocycles. The van der Waals surface area contributed by atoms with Gasteiger partial charge in [0.1, 0.15) is 5.75 Å². The molecular formula is C17H18O3. The summed E-state index contributed by atoms with van der Waals surface area (Å²) in [5, 5.41) is 0. The second-order valence-corrected chi connectivity index (χ2v) is 4.52. The maximum Gasteiger partial charge on any atom is 0.169 e. The summed E-state index contributed by atoms with van der Waals surface area (Å²) in [7, 11) is 1.63. The number of aryl methyl sites for hydroxylation is 1. The molecule has 0 spiro atoms. The fourth-order valence-electron chi connectivity index (χ4n) is 1.90. The third-order valence-corrected chi connectivity index (χ3v) is 3.12. The Labute approximate surface area is 119 Å². The van der Waals surface area contributed by atoms with E-state index >= 15 is 0 Å². The molecule has 0 radical (unpaired) electrons. The predicted molar refractivity (Wildman–Crippen MR) is 78.9 cm³/mol. The van der Waals surface area contributed by atoms with Crippen LogP contribution >= 0.6 is 0 Å². The zero-order valence-electron chi connectivity index (χ0n) is 12.0. The molecule has 0 bridgehead atoms. The van der Waals surface area contributed by atoms with Gasteiger partial charge in [-0.1, -0.05) is 13.0 Å². The van der Waals surface area contributed by atoms with Crippen molar-refractivity contribution in [1.82, 2.24) is 0 Å².